The second-order valence-corrected chi connectivity index (χ2v) is 15.1. The summed E-state index contributed by atoms with van der Waals surface area (Å²) in [4.78, 5) is 56.8. The van der Waals surface area contributed by atoms with E-state index in [9.17, 15) is 32.7 Å². The predicted molar refractivity (Wildman–Crippen MR) is 214 cm³/mol. The van der Waals surface area contributed by atoms with Crippen LogP contribution in [0.25, 0.3) is 22.4 Å². The lowest BCUT2D eigenvalue weighted by molar-refractivity contribution is -0.274. The standard InChI is InChI=1S/C41H50F3N9O6/c1-23(2)35(50-40(57)58-6)38(55)51-17-7-8-32(51)36-47-20-31(49-36)27-11-9-26(10-12-27)30-15-14-29(18-33(30)59-41(42,43)44)48-37(54)28-13-16-34(46-19-28)52-21-25(4)53(22-24(52)3)39(56)45-5/h9-16,18-20,23-25,32,35,39,45,56H,7-8,17,21-22H2,1-6H3,(H,47,49)(H,48,54)(H,50,57). The van der Waals surface area contributed by atoms with Crippen molar-refractivity contribution in [2.24, 2.45) is 5.92 Å². The van der Waals surface area contributed by atoms with Crippen molar-refractivity contribution >= 4 is 29.4 Å². The Bertz CT molecular complexity index is 2100. The molecule has 3 amide bonds. The van der Waals surface area contributed by atoms with Gasteiger partial charge in [0, 0.05) is 55.2 Å². The molecular weight excluding hydrogens is 772 g/mol. The third kappa shape index (κ3) is 9.95. The molecule has 59 heavy (non-hydrogen) atoms. The van der Waals surface area contributed by atoms with E-state index in [0.29, 0.717) is 54.5 Å². The van der Waals surface area contributed by atoms with Crippen molar-refractivity contribution < 1.29 is 42.1 Å². The van der Waals surface area contributed by atoms with Crippen LogP contribution < -0.4 is 25.6 Å². The summed E-state index contributed by atoms with van der Waals surface area (Å²) in [5.41, 5.74) is 2.22. The Kier molecular flexibility index (Phi) is 13.1. The first kappa shape index (κ1) is 42.9. The minimum Gasteiger partial charge on any atom is -0.453 e. The van der Waals surface area contributed by atoms with Crippen LogP contribution in [0.5, 0.6) is 5.75 Å². The monoisotopic (exact) mass is 821 g/mol. The van der Waals surface area contributed by atoms with E-state index in [1.807, 2.05) is 32.6 Å². The summed E-state index contributed by atoms with van der Waals surface area (Å²) >= 11 is 0. The topological polar surface area (TPSA) is 177 Å². The first-order chi connectivity index (χ1) is 28.1. The number of carbonyl (C=O) groups excluding carboxylic acids is 3. The Morgan fingerprint density at radius 2 is 1.69 bits per heavy atom. The van der Waals surface area contributed by atoms with Crippen LogP contribution >= 0.6 is 0 Å². The number of carbonyl (C=O) groups is 3. The summed E-state index contributed by atoms with van der Waals surface area (Å²) in [7, 11) is 2.93. The molecule has 0 bridgehead atoms. The highest BCUT2D eigenvalue weighted by atomic mass is 19.4. The number of H-pyrrole nitrogens is 1. The highest BCUT2D eigenvalue weighted by Gasteiger charge is 2.38. The number of benzene rings is 2. The SMILES string of the molecule is CNC(O)N1CC(C)N(c2ccc(C(=O)Nc3ccc(-c4ccc(-c5cnc(C6CCCN6C(=O)C(NC(=O)OC)C(C)C)[nH]5)cc4)c(OC(F)(F)F)c3)cn2)CC1C. The number of aromatic nitrogens is 3. The molecule has 2 aliphatic heterocycles. The van der Waals surface area contributed by atoms with Crippen molar-refractivity contribution in [3.8, 4) is 28.1 Å². The lowest BCUT2D eigenvalue weighted by atomic mass is 10.0. The van der Waals surface area contributed by atoms with Crippen molar-refractivity contribution in [3.05, 3.63) is 78.4 Å². The van der Waals surface area contributed by atoms with Gasteiger partial charge in [0.15, 0.2) is 6.35 Å². The zero-order valence-corrected chi connectivity index (χ0v) is 33.7. The Balaban J connectivity index is 1.15. The van der Waals surface area contributed by atoms with Gasteiger partial charge in [-0.1, -0.05) is 38.1 Å². The van der Waals surface area contributed by atoms with Crippen LogP contribution in [0.2, 0.25) is 0 Å². The van der Waals surface area contributed by atoms with Gasteiger partial charge in [-0.2, -0.15) is 0 Å². The van der Waals surface area contributed by atoms with Gasteiger partial charge in [-0.05, 0) is 75.0 Å². The number of ether oxygens (including phenoxy) is 2. The molecule has 2 aromatic carbocycles. The average molecular weight is 822 g/mol. The summed E-state index contributed by atoms with van der Waals surface area (Å²) in [5.74, 6) is -0.254. The van der Waals surface area contributed by atoms with Gasteiger partial charge in [-0.3, -0.25) is 19.8 Å². The number of nitrogens with one attached hydrogen (secondary N) is 4. The van der Waals surface area contributed by atoms with E-state index in [4.69, 9.17) is 4.74 Å². The average Bonchev–Trinajstić information content (AvgIpc) is 3.90. The molecule has 0 aliphatic carbocycles. The number of aromatic amines is 1. The Morgan fingerprint density at radius 3 is 2.34 bits per heavy atom. The number of aliphatic hydroxyl groups excluding tert-OH is 1. The van der Waals surface area contributed by atoms with Gasteiger partial charge in [0.2, 0.25) is 5.91 Å². The number of alkyl halides is 3. The number of likely N-dealkylation sites (tertiary alicyclic amines) is 1. The van der Waals surface area contributed by atoms with Crippen LogP contribution in [0.1, 0.15) is 62.8 Å². The molecule has 0 spiro atoms. The number of aliphatic hydroxyl groups is 1. The number of halogens is 3. The molecule has 2 aliphatic rings. The van der Waals surface area contributed by atoms with E-state index in [0.717, 1.165) is 12.5 Å². The molecule has 15 nitrogen and oxygen atoms in total. The zero-order chi connectivity index (χ0) is 42.6. The van der Waals surface area contributed by atoms with Gasteiger partial charge in [0.25, 0.3) is 5.91 Å². The van der Waals surface area contributed by atoms with Gasteiger partial charge >= 0.3 is 12.5 Å². The van der Waals surface area contributed by atoms with Gasteiger partial charge < -0.3 is 40.0 Å². The molecule has 2 saturated heterocycles. The fraction of sp³-hybridized carbons (Fsp3) is 0.439. The number of methoxy groups -OCH3 is 1. The Morgan fingerprint density at radius 1 is 0.966 bits per heavy atom. The van der Waals surface area contributed by atoms with Crippen LogP contribution in [0.3, 0.4) is 0 Å². The van der Waals surface area contributed by atoms with E-state index >= 15 is 0 Å². The molecule has 4 heterocycles. The van der Waals surface area contributed by atoms with Crippen molar-refractivity contribution in [1.82, 2.24) is 35.4 Å². The molecule has 0 radical (unpaired) electrons. The fourth-order valence-corrected chi connectivity index (χ4v) is 7.60. The molecular formula is C41H50F3N9O6. The first-order valence-electron chi connectivity index (χ1n) is 19.4. The molecule has 2 fully saturated rings. The van der Waals surface area contributed by atoms with E-state index < -0.39 is 36.5 Å². The number of hydrogen-bond donors (Lipinski definition) is 5. The van der Waals surface area contributed by atoms with Gasteiger partial charge in [-0.15, -0.1) is 13.2 Å². The van der Waals surface area contributed by atoms with Crippen molar-refractivity contribution in [2.45, 2.75) is 77.4 Å². The number of alkyl carbamates (subject to hydrolysis) is 1. The summed E-state index contributed by atoms with van der Waals surface area (Å²) in [5, 5.41) is 18.4. The van der Waals surface area contributed by atoms with Crippen molar-refractivity contribution in [1.29, 1.82) is 0 Å². The predicted octanol–water partition coefficient (Wildman–Crippen LogP) is 5.73. The molecule has 5 unspecified atom stereocenters. The van der Waals surface area contributed by atoms with Crippen molar-refractivity contribution in [2.75, 3.05) is 44.0 Å². The first-order valence-corrected chi connectivity index (χ1v) is 19.4. The fourth-order valence-electron chi connectivity index (χ4n) is 7.60. The summed E-state index contributed by atoms with van der Waals surface area (Å²) in [6.07, 6.45) is -1.99. The second-order valence-electron chi connectivity index (χ2n) is 15.1. The molecule has 2 aromatic heterocycles. The number of pyridine rings is 1. The van der Waals surface area contributed by atoms with Crippen LogP contribution in [0, 0.1) is 5.92 Å². The van der Waals surface area contributed by atoms with Crippen LogP contribution in [-0.4, -0.2) is 112 Å². The lowest BCUT2D eigenvalue weighted by Gasteiger charge is -2.46. The third-order valence-corrected chi connectivity index (χ3v) is 10.7. The maximum absolute atomic E-state index is 13.7. The minimum atomic E-state index is -5.01. The number of anilines is 2. The van der Waals surface area contributed by atoms with E-state index in [2.05, 4.69) is 40.5 Å². The second kappa shape index (κ2) is 18.0. The summed E-state index contributed by atoms with van der Waals surface area (Å²) in [6.45, 7) is 9.39. The third-order valence-electron chi connectivity index (χ3n) is 10.7. The molecule has 316 valence electrons. The highest BCUT2D eigenvalue weighted by molar-refractivity contribution is 6.04. The molecule has 5 atom stereocenters. The summed E-state index contributed by atoms with van der Waals surface area (Å²) in [6, 6.07) is 13.1. The van der Waals surface area contributed by atoms with Gasteiger partial charge in [0.1, 0.15) is 23.4 Å². The molecule has 5 N–H and O–H groups in total. The molecule has 4 aromatic rings. The Labute approximate surface area is 340 Å². The minimum absolute atomic E-state index is 0.0219. The van der Waals surface area contributed by atoms with E-state index in [-0.39, 0.29) is 46.8 Å². The molecule has 18 heteroatoms. The Hall–Kier alpha value is -5.72. The number of rotatable bonds is 12. The number of hydrogen-bond acceptors (Lipinski definition) is 11. The smallest absolute Gasteiger partial charge is 0.453 e. The largest absolute Gasteiger partial charge is 0.573 e. The molecule has 0 saturated carbocycles. The number of nitrogens with zero attached hydrogens (tertiary/aromatic N) is 5. The number of amides is 3. The van der Waals surface area contributed by atoms with E-state index in [1.165, 1.54) is 25.4 Å². The van der Waals surface area contributed by atoms with E-state index in [1.54, 1.807) is 54.5 Å². The quantitative estimate of drug-likeness (QED) is 0.110. The van der Waals surface area contributed by atoms with Crippen molar-refractivity contribution in [3.63, 3.8) is 0 Å². The maximum atomic E-state index is 13.7. The number of imidazole rings is 1. The van der Waals surface area contributed by atoms with Gasteiger partial charge in [-0.25, -0.2) is 14.8 Å². The number of piperazine rings is 1. The van der Waals surface area contributed by atoms with Crippen LogP contribution in [0.15, 0.2) is 67.0 Å². The lowest BCUT2D eigenvalue weighted by Crippen LogP contribution is -2.62. The zero-order valence-electron chi connectivity index (χ0n) is 33.7. The normalized spacial score (nSPS) is 19.7. The maximum Gasteiger partial charge on any atom is 0.573 e. The summed E-state index contributed by atoms with van der Waals surface area (Å²) < 4.78 is 50.2. The van der Waals surface area contributed by atoms with Gasteiger partial charge in [0.05, 0.1) is 30.6 Å². The van der Waals surface area contributed by atoms with Crippen LogP contribution in [0.4, 0.5) is 29.5 Å². The van der Waals surface area contributed by atoms with Crippen LogP contribution in [-0.2, 0) is 9.53 Å². The highest BCUT2D eigenvalue weighted by Crippen LogP contribution is 2.38. The molecule has 6 rings (SSSR count).